The summed E-state index contributed by atoms with van der Waals surface area (Å²) in [6.45, 7) is 1.79. The molecule has 0 spiro atoms. The van der Waals surface area contributed by atoms with E-state index in [1.807, 2.05) is 0 Å². The van der Waals surface area contributed by atoms with Gasteiger partial charge in [0.1, 0.15) is 22.8 Å². The first kappa shape index (κ1) is 17.3. The molecule has 27 heavy (non-hydrogen) atoms. The van der Waals surface area contributed by atoms with Gasteiger partial charge in [0.2, 0.25) is 5.95 Å². The van der Waals surface area contributed by atoms with Gasteiger partial charge in [-0.15, -0.1) is 0 Å². The number of aryl methyl sites for hydroxylation is 2. The van der Waals surface area contributed by atoms with Crippen molar-refractivity contribution in [3.05, 3.63) is 41.5 Å². The Labute approximate surface area is 151 Å². The molecule has 0 saturated heterocycles. The van der Waals surface area contributed by atoms with E-state index in [4.69, 9.17) is 4.42 Å². The van der Waals surface area contributed by atoms with Crippen LogP contribution in [0.15, 0.2) is 23.2 Å². The molecule has 0 aromatic carbocycles. The average molecular weight is 379 g/mol. The van der Waals surface area contributed by atoms with E-state index in [1.54, 1.807) is 17.8 Å². The molecule has 1 aliphatic rings. The van der Waals surface area contributed by atoms with Crippen LogP contribution in [-0.4, -0.2) is 31.8 Å². The maximum Gasteiger partial charge on any atom is 0.421 e. The van der Waals surface area contributed by atoms with Crippen molar-refractivity contribution in [3.8, 4) is 0 Å². The van der Waals surface area contributed by atoms with Crippen LogP contribution in [0.3, 0.4) is 0 Å². The van der Waals surface area contributed by atoms with Crippen molar-refractivity contribution in [1.82, 2.24) is 24.7 Å². The van der Waals surface area contributed by atoms with Crippen molar-refractivity contribution < 1.29 is 17.6 Å². The van der Waals surface area contributed by atoms with Gasteiger partial charge in [0.05, 0.1) is 17.4 Å². The minimum atomic E-state index is -4.53. The summed E-state index contributed by atoms with van der Waals surface area (Å²) in [5.74, 6) is 0.601. The summed E-state index contributed by atoms with van der Waals surface area (Å²) in [5, 5.41) is 9.87. The van der Waals surface area contributed by atoms with Crippen molar-refractivity contribution in [2.75, 3.05) is 17.7 Å². The molecule has 1 unspecified atom stereocenters. The van der Waals surface area contributed by atoms with Crippen LogP contribution >= 0.6 is 0 Å². The molecule has 8 nitrogen and oxygen atoms in total. The van der Waals surface area contributed by atoms with Crippen LogP contribution in [-0.2, 0) is 12.6 Å². The number of hydrogen-bond acceptors (Lipinski definition) is 7. The molecule has 3 aromatic heterocycles. The van der Waals surface area contributed by atoms with Crippen LogP contribution < -0.4 is 10.6 Å². The van der Waals surface area contributed by atoms with Crippen LogP contribution in [0.25, 0.3) is 0 Å². The van der Waals surface area contributed by atoms with Gasteiger partial charge in [0.15, 0.2) is 6.39 Å². The van der Waals surface area contributed by atoms with Crippen LogP contribution in [0.1, 0.15) is 35.2 Å². The lowest BCUT2D eigenvalue weighted by Gasteiger charge is -2.12. The van der Waals surface area contributed by atoms with Gasteiger partial charge < -0.3 is 15.1 Å². The Morgan fingerprint density at radius 3 is 2.85 bits per heavy atom. The summed E-state index contributed by atoms with van der Waals surface area (Å²) < 4.78 is 46.0. The molecule has 0 bridgehead atoms. The molecular weight excluding hydrogens is 363 g/mol. The molecular formula is C16H16F3N7O. The number of rotatable bonds is 4. The van der Waals surface area contributed by atoms with Gasteiger partial charge in [-0.2, -0.15) is 23.3 Å². The van der Waals surface area contributed by atoms with Crippen LogP contribution in [0, 0.1) is 6.92 Å². The minimum Gasteiger partial charge on any atom is -0.448 e. The van der Waals surface area contributed by atoms with Gasteiger partial charge in [-0.3, -0.25) is 4.68 Å². The first-order valence-electron chi connectivity index (χ1n) is 8.24. The Kier molecular flexibility index (Phi) is 4.01. The second kappa shape index (κ2) is 6.25. The first-order chi connectivity index (χ1) is 12.9. The molecule has 3 aromatic rings. The quantitative estimate of drug-likeness (QED) is 0.718. The van der Waals surface area contributed by atoms with E-state index in [-0.39, 0.29) is 17.8 Å². The van der Waals surface area contributed by atoms with Gasteiger partial charge in [-0.25, -0.2) is 9.97 Å². The molecule has 0 aliphatic heterocycles. The van der Waals surface area contributed by atoms with E-state index in [0.717, 1.165) is 30.5 Å². The van der Waals surface area contributed by atoms with Crippen LogP contribution in [0.4, 0.5) is 30.6 Å². The molecule has 4 rings (SSSR count). The molecule has 0 amide bonds. The summed E-state index contributed by atoms with van der Waals surface area (Å²) in [7, 11) is 1.38. The lowest BCUT2D eigenvalue weighted by molar-refractivity contribution is -0.137. The zero-order valence-corrected chi connectivity index (χ0v) is 14.5. The first-order valence-corrected chi connectivity index (χ1v) is 8.24. The number of fused-ring (bicyclic) bond motifs is 1. The number of aromatic nitrogens is 5. The summed E-state index contributed by atoms with van der Waals surface area (Å²) in [4.78, 5) is 11.9. The average Bonchev–Trinajstić information content (AvgIpc) is 3.30. The normalized spacial score (nSPS) is 16.4. The van der Waals surface area contributed by atoms with E-state index in [9.17, 15) is 13.2 Å². The lowest BCUT2D eigenvalue weighted by atomic mass is 10.2. The predicted octanol–water partition coefficient (Wildman–Crippen LogP) is 3.31. The maximum absolute atomic E-state index is 13.0. The Balaban J connectivity index is 1.60. The number of alkyl halides is 3. The molecule has 0 radical (unpaired) electrons. The fraction of sp³-hybridized carbons (Fsp3) is 0.375. The van der Waals surface area contributed by atoms with E-state index in [2.05, 4.69) is 30.7 Å². The fourth-order valence-corrected chi connectivity index (χ4v) is 3.12. The SMILES string of the molecule is CNc1nc(Nc2cn(C3CCc4ocnc43)nc2C)ncc1C(F)(F)F. The summed E-state index contributed by atoms with van der Waals surface area (Å²) in [6.07, 6.45) is 1.01. The third-order valence-corrected chi connectivity index (χ3v) is 4.45. The zero-order valence-electron chi connectivity index (χ0n) is 14.5. The topological polar surface area (TPSA) is 93.7 Å². The monoisotopic (exact) mass is 379 g/mol. The Morgan fingerprint density at radius 2 is 2.11 bits per heavy atom. The number of anilines is 3. The predicted molar refractivity (Wildman–Crippen MR) is 89.8 cm³/mol. The van der Waals surface area contributed by atoms with E-state index in [1.165, 1.54) is 13.4 Å². The van der Waals surface area contributed by atoms with Crippen molar-refractivity contribution in [1.29, 1.82) is 0 Å². The second-order valence-corrected chi connectivity index (χ2v) is 6.15. The minimum absolute atomic E-state index is 0.0330. The highest BCUT2D eigenvalue weighted by molar-refractivity contribution is 5.58. The largest absolute Gasteiger partial charge is 0.448 e. The van der Waals surface area contributed by atoms with E-state index < -0.39 is 11.7 Å². The third-order valence-electron chi connectivity index (χ3n) is 4.45. The Bertz CT molecular complexity index is 979. The number of oxazole rings is 1. The molecule has 2 N–H and O–H groups in total. The number of nitrogens with one attached hydrogen (secondary N) is 2. The highest BCUT2D eigenvalue weighted by Crippen LogP contribution is 2.35. The van der Waals surface area contributed by atoms with Crippen LogP contribution in [0.2, 0.25) is 0 Å². The molecule has 11 heteroatoms. The molecule has 0 fully saturated rings. The number of hydrogen-bond donors (Lipinski definition) is 2. The maximum atomic E-state index is 13.0. The van der Waals surface area contributed by atoms with Crippen molar-refractivity contribution in [3.63, 3.8) is 0 Å². The zero-order chi connectivity index (χ0) is 19.2. The second-order valence-electron chi connectivity index (χ2n) is 6.15. The van der Waals surface area contributed by atoms with Crippen molar-refractivity contribution in [2.45, 2.75) is 32.0 Å². The van der Waals surface area contributed by atoms with Gasteiger partial charge in [-0.1, -0.05) is 0 Å². The Morgan fingerprint density at radius 1 is 1.30 bits per heavy atom. The molecule has 0 saturated carbocycles. The van der Waals surface area contributed by atoms with E-state index >= 15 is 0 Å². The summed E-state index contributed by atoms with van der Waals surface area (Å²) >= 11 is 0. The van der Waals surface area contributed by atoms with Gasteiger partial charge in [-0.05, 0) is 13.3 Å². The number of halogens is 3. The Hall–Kier alpha value is -3.11. The van der Waals surface area contributed by atoms with E-state index in [0.29, 0.717) is 11.4 Å². The highest BCUT2D eigenvalue weighted by atomic mass is 19.4. The standard InChI is InChI=1S/C16H16F3N7O/c1-8-10(6-26(25-8)11-3-4-12-13(11)22-7-27-12)23-15-21-5-9(16(17,18)19)14(20-2)24-15/h5-7,11H,3-4H2,1-2H3,(H2,20,21,23,24). The van der Waals surface area contributed by atoms with Gasteiger partial charge in [0.25, 0.3) is 0 Å². The summed E-state index contributed by atoms with van der Waals surface area (Å²) in [6, 6.07) is -0.0330. The summed E-state index contributed by atoms with van der Waals surface area (Å²) in [5.41, 5.74) is 1.20. The smallest absolute Gasteiger partial charge is 0.421 e. The molecule has 1 atom stereocenters. The van der Waals surface area contributed by atoms with Gasteiger partial charge >= 0.3 is 6.18 Å². The third kappa shape index (κ3) is 3.09. The van der Waals surface area contributed by atoms with Gasteiger partial charge in [0, 0.05) is 25.9 Å². The molecule has 3 heterocycles. The molecule has 1 aliphatic carbocycles. The fourth-order valence-electron chi connectivity index (χ4n) is 3.12. The lowest BCUT2D eigenvalue weighted by Crippen LogP contribution is -2.12. The van der Waals surface area contributed by atoms with Crippen molar-refractivity contribution in [2.24, 2.45) is 0 Å². The highest BCUT2D eigenvalue weighted by Gasteiger charge is 2.35. The number of nitrogens with zero attached hydrogens (tertiary/aromatic N) is 5. The van der Waals surface area contributed by atoms with Crippen LogP contribution in [0.5, 0.6) is 0 Å². The van der Waals surface area contributed by atoms with Crippen molar-refractivity contribution >= 4 is 17.5 Å². The molecule has 142 valence electrons.